The molecule has 4 rings (SSSR count). The highest BCUT2D eigenvalue weighted by Gasteiger charge is 2.36. The second-order valence-corrected chi connectivity index (χ2v) is 6.96. The van der Waals surface area contributed by atoms with Crippen LogP contribution in [-0.4, -0.2) is 34.3 Å². The lowest BCUT2D eigenvalue weighted by Gasteiger charge is -2.35. The van der Waals surface area contributed by atoms with Crippen molar-refractivity contribution in [3.8, 4) is 0 Å². The summed E-state index contributed by atoms with van der Waals surface area (Å²) >= 11 is 0. The van der Waals surface area contributed by atoms with E-state index >= 15 is 0 Å². The summed E-state index contributed by atoms with van der Waals surface area (Å²) in [5, 5.41) is 12.6. The van der Waals surface area contributed by atoms with Gasteiger partial charge in [0, 0.05) is 24.2 Å². The molecule has 27 heavy (non-hydrogen) atoms. The van der Waals surface area contributed by atoms with E-state index in [0.29, 0.717) is 36.9 Å². The Morgan fingerprint density at radius 1 is 1.04 bits per heavy atom. The average Bonchev–Trinajstić information content (AvgIpc) is 2.86. The molecule has 2 heterocycles. The van der Waals surface area contributed by atoms with E-state index in [4.69, 9.17) is 0 Å². The molecule has 0 fully saturated rings. The van der Waals surface area contributed by atoms with Crippen LogP contribution in [0.1, 0.15) is 45.9 Å². The molecule has 6 nitrogen and oxygen atoms in total. The van der Waals surface area contributed by atoms with Crippen LogP contribution < -0.4 is 5.32 Å². The van der Waals surface area contributed by atoms with Gasteiger partial charge in [-0.1, -0.05) is 24.3 Å². The molecule has 2 N–H and O–H groups in total. The van der Waals surface area contributed by atoms with Crippen LogP contribution in [-0.2, 0) is 22.4 Å². The van der Waals surface area contributed by atoms with Gasteiger partial charge in [0.05, 0.1) is 0 Å². The normalized spacial score (nSPS) is 18.7. The molecule has 1 atom stereocenters. The Labute approximate surface area is 156 Å². The summed E-state index contributed by atoms with van der Waals surface area (Å²) in [6, 6.07) is 11.6. The molecule has 0 aliphatic carbocycles. The van der Waals surface area contributed by atoms with Gasteiger partial charge in [-0.2, -0.15) is 0 Å². The quantitative estimate of drug-likeness (QED) is 0.858. The highest BCUT2D eigenvalue weighted by molar-refractivity contribution is 5.99. The summed E-state index contributed by atoms with van der Waals surface area (Å²) in [6.07, 6.45) is 2.53. The van der Waals surface area contributed by atoms with Crippen LogP contribution in [0.5, 0.6) is 0 Å². The molecule has 0 saturated heterocycles. The summed E-state index contributed by atoms with van der Waals surface area (Å²) in [7, 11) is 0. The van der Waals surface area contributed by atoms with Crippen molar-refractivity contribution in [3.63, 3.8) is 0 Å². The number of carbonyl (C=O) groups excluding carboxylic acids is 2. The first-order valence-electron chi connectivity index (χ1n) is 9.09. The van der Waals surface area contributed by atoms with E-state index in [-0.39, 0.29) is 11.8 Å². The van der Waals surface area contributed by atoms with Crippen LogP contribution in [0.4, 0.5) is 5.69 Å². The first kappa shape index (κ1) is 17.3. The fourth-order valence-corrected chi connectivity index (χ4v) is 3.93. The smallest absolute Gasteiger partial charge is 0.331 e. The van der Waals surface area contributed by atoms with E-state index in [1.165, 1.54) is 4.90 Å². The number of carboxylic acid groups (broad SMARTS) is 1. The molecule has 6 heteroatoms. The fraction of sp³-hybridized carbons (Fsp3) is 0.286. The number of rotatable bonds is 2. The Morgan fingerprint density at radius 2 is 1.85 bits per heavy atom. The van der Waals surface area contributed by atoms with Crippen molar-refractivity contribution in [2.45, 2.75) is 31.7 Å². The molecule has 0 spiro atoms. The first-order valence-corrected chi connectivity index (χ1v) is 9.09. The molecule has 1 unspecified atom stereocenters. The van der Waals surface area contributed by atoms with E-state index in [2.05, 4.69) is 5.32 Å². The minimum Gasteiger partial charge on any atom is -0.479 e. The van der Waals surface area contributed by atoms with Crippen LogP contribution >= 0.6 is 0 Å². The number of aliphatic carboxylic acids is 1. The monoisotopic (exact) mass is 364 g/mol. The van der Waals surface area contributed by atoms with Gasteiger partial charge in [-0.25, -0.2) is 4.79 Å². The van der Waals surface area contributed by atoms with E-state index in [1.807, 2.05) is 12.1 Å². The molecule has 0 radical (unpaired) electrons. The second-order valence-electron chi connectivity index (χ2n) is 6.96. The zero-order chi connectivity index (χ0) is 19.0. The van der Waals surface area contributed by atoms with Crippen molar-refractivity contribution in [2.24, 2.45) is 0 Å². The number of carboxylic acids is 1. The van der Waals surface area contributed by atoms with Crippen molar-refractivity contribution >= 4 is 23.5 Å². The number of hydrogen-bond donors (Lipinski definition) is 2. The highest BCUT2D eigenvalue weighted by Crippen LogP contribution is 2.32. The molecule has 0 aromatic heterocycles. The molecule has 0 saturated carbocycles. The van der Waals surface area contributed by atoms with Crippen molar-refractivity contribution in [3.05, 3.63) is 64.7 Å². The molecule has 2 aromatic carbocycles. The molecule has 2 aliphatic rings. The van der Waals surface area contributed by atoms with Crippen molar-refractivity contribution in [1.82, 2.24) is 4.90 Å². The van der Waals surface area contributed by atoms with Gasteiger partial charge < -0.3 is 15.3 Å². The Kier molecular flexibility index (Phi) is 4.39. The van der Waals surface area contributed by atoms with Gasteiger partial charge >= 0.3 is 5.97 Å². The SMILES string of the molecule is O=C1CCCc2cc(C(=O)N3CCc4ccccc4C3C(=O)O)ccc2N1. The van der Waals surface area contributed by atoms with Crippen LogP contribution in [0.25, 0.3) is 0 Å². The number of nitrogens with zero attached hydrogens (tertiary/aromatic N) is 1. The topological polar surface area (TPSA) is 86.7 Å². The van der Waals surface area contributed by atoms with E-state index < -0.39 is 12.0 Å². The van der Waals surface area contributed by atoms with E-state index in [9.17, 15) is 19.5 Å². The van der Waals surface area contributed by atoms with Gasteiger partial charge in [-0.3, -0.25) is 9.59 Å². The highest BCUT2D eigenvalue weighted by atomic mass is 16.4. The molecular formula is C21H20N2O4. The Bertz CT molecular complexity index is 938. The van der Waals surface area contributed by atoms with E-state index in [1.54, 1.807) is 30.3 Å². The van der Waals surface area contributed by atoms with Crippen molar-refractivity contribution < 1.29 is 19.5 Å². The van der Waals surface area contributed by atoms with Crippen LogP contribution in [0.3, 0.4) is 0 Å². The van der Waals surface area contributed by atoms with Crippen LogP contribution in [0, 0.1) is 0 Å². The Morgan fingerprint density at radius 3 is 2.67 bits per heavy atom. The lowest BCUT2D eigenvalue weighted by atomic mass is 9.91. The first-order chi connectivity index (χ1) is 13.0. The van der Waals surface area contributed by atoms with Crippen LogP contribution in [0.2, 0.25) is 0 Å². The van der Waals surface area contributed by atoms with Gasteiger partial charge in [-0.15, -0.1) is 0 Å². The summed E-state index contributed by atoms with van der Waals surface area (Å²) in [6.45, 7) is 0.362. The maximum atomic E-state index is 13.1. The third-order valence-corrected chi connectivity index (χ3v) is 5.25. The zero-order valence-electron chi connectivity index (χ0n) is 14.8. The number of fused-ring (bicyclic) bond motifs is 2. The zero-order valence-corrected chi connectivity index (χ0v) is 14.8. The number of nitrogens with one attached hydrogen (secondary N) is 1. The summed E-state index contributed by atoms with van der Waals surface area (Å²) in [5.74, 6) is -1.35. The number of hydrogen-bond acceptors (Lipinski definition) is 3. The third-order valence-electron chi connectivity index (χ3n) is 5.25. The van der Waals surface area contributed by atoms with Gasteiger partial charge in [0.15, 0.2) is 6.04 Å². The van der Waals surface area contributed by atoms with Crippen molar-refractivity contribution in [2.75, 3.05) is 11.9 Å². The second kappa shape index (κ2) is 6.87. The summed E-state index contributed by atoms with van der Waals surface area (Å²) < 4.78 is 0. The van der Waals surface area contributed by atoms with Gasteiger partial charge in [0.2, 0.25) is 5.91 Å². The number of anilines is 1. The fourth-order valence-electron chi connectivity index (χ4n) is 3.93. The van der Waals surface area contributed by atoms with Crippen molar-refractivity contribution in [1.29, 1.82) is 0 Å². The molecule has 138 valence electrons. The van der Waals surface area contributed by atoms with Gasteiger partial charge in [0.1, 0.15) is 0 Å². The molecular weight excluding hydrogens is 344 g/mol. The third kappa shape index (κ3) is 3.18. The minimum atomic E-state index is -1.03. The molecule has 2 aliphatic heterocycles. The summed E-state index contributed by atoms with van der Waals surface area (Å²) in [5.41, 5.74) is 3.74. The predicted molar refractivity (Wildman–Crippen MR) is 99.6 cm³/mol. The lowest BCUT2D eigenvalue weighted by Crippen LogP contribution is -2.43. The Hall–Kier alpha value is -3.15. The van der Waals surface area contributed by atoms with Gasteiger partial charge in [-0.05, 0) is 54.2 Å². The standard InChI is InChI=1S/C21H20N2O4/c24-18-7-3-5-14-12-15(8-9-17(14)22-18)20(25)23-11-10-13-4-1-2-6-16(13)19(23)21(26)27/h1-2,4,6,8-9,12,19H,3,5,7,10-11H2,(H,22,24)(H,26,27). The number of aryl methyl sites for hydroxylation is 1. The Balaban J connectivity index is 1.67. The predicted octanol–water partition coefficient (Wildman–Crippen LogP) is 2.79. The molecule has 0 bridgehead atoms. The van der Waals surface area contributed by atoms with Gasteiger partial charge in [0.25, 0.3) is 5.91 Å². The number of carbonyl (C=O) groups is 3. The largest absolute Gasteiger partial charge is 0.479 e. The number of benzene rings is 2. The summed E-state index contributed by atoms with van der Waals surface area (Å²) in [4.78, 5) is 38.2. The lowest BCUT2D eigenvalue weighted by molar-refractivity contribution is -0.143. The molecule has 2 aromatic rings. The maximum Gasteiger partial charge on any atom is 0.331 e. The van der Waals surface area contributed by atoms with Crippen LogP contribution in [0.15, 0.2) is 42.5 Å². The molecule has 2 amide bonds. The van der Waals surface area contributed by atoms with E-state index in [0.717, 1.165) is 23.2 Å². The average molecular weight is 364 g/mol. The maximum absolute atomic E-state index is 13.1. The number of amides is 2. The minimum absolute atomic E-state index is 0.0218.